The van der Waals surface area contributed by atoms with Crippen LogP contribution in [0.15, 0.2) is 28.8 Å². The molecular weight excluding hydrogens is 298 g/mol. The molecule has 0 atom stereocenters. The van der Waals surface area contributed by atoms with Gasteiger partial charge in [-0.15, -0.1) is 0 Å². The van der Waals surface area contributed by atoms with Crippen LogP contribution in [0.25, 0.3) is 0 Å². The Morgan fingerprint density at radius 1 is 1.17 bits per heavy atom. The molecule has 0 fully saturated rings. The van der Waals surface area contributed by atoms with Gasteiger partial charge in [-0.05, 0) is 38.5 Å². The molecule has 122 valence electrons. The second-order valence-electron chi connectivity index (χ2n) is 5.18. The van der Waals surface area contributed by atoms with Crippen LogP contribution in [0.5, 0.6) is 5.75 Å². The Hall–Kier alpha value is -2.83. The third-order valence-corrected chi connectivity index (χ3v) is 3.22. The predicted molar refractivity (Wildman–Crippen MR) is 82.6 cm³/mol. The minimum absolute atomic E-state index is 0.0835. The molecule has 23 heavy (non-hydrogen) atoms. The largest absolute Gasteiger partial charge is 0.484 e. The number of hydrogen-bond donors (Lipinski definition) is 2. The first-order valence-corrected chi connectivity index (χ1v) is 7.14. The molecule has 0 aliphatic carbocycles. The standard InChI is InChI=1S/C16H19N3O4/c1-10-5-4-6-13(7-10)22-9-16(21)18-17-15(20)8-14-11(2)19-23-12(14)3/h4-7H,8-9H2,1-3H3,(H,17,20)(H,18,21). The van der Waals surface area contributed by atoms with Gasteiger partial charge in [0.2, 0.25) is 5.91 Å². The van der Waals surface area contributed by atoms with Crippen LogP contribution in [0.3, 0.4) is 0 Å². The highest BCUT2D eigenvalue weighted by molar-refractivity contribution is 5.84. The molecule has 2 N–H and O–H groups in total. The summed E-state index contributed by atoms with van der Waals surface area (Å²) in [5.74, 6) is 0.385. The first-order valence-electron chi connectivity index (χ1n) is 7.14. The van der Waals surface area contributed by atoms with Crippen molar-refractivity contribution >= 4 is 11.8 Å². The second-order valence-corrected chi connectivity index (χ2v) is 5.18. The second kappa shape index (κ2) is 7.44. The van der Waals surface area contributed by atoms with E-state index in [4.69, 9.17) is 9.26 Å². The zero-order chi connectivity index (χ0) is 16.8. The average molecular weight is 317 g/mol. The van der Waals surface area contributed by atoms with Gasteiger partial charge in [0, 0.05) is 5.56 Å². The third kappa shape index (κ3) is 4.84. The molecule has 0 unspecified atom stereocenters. The molecule has 0 radical (unpaired) electrons. The molecular formula is C16H19N3O4. The van der Waals surface area contributed by atoms with Crippen molar-refractivity contribution < 1.29 is 18.8 Å². The quantitative estimate of drug-likeness (QED) is 0.812. The van der Waals surface area contributed by atoms with Crippen LogP contribution in [0.1, 0.15) is 22.6 Å². The Bertz CT molecular complexity index is 690. The van der Waals surface area contributed by atoms with Gasteiger partial charge in [0.25, 0.3) is 5.91 Å². The highest BCUT2D eigenvalue weighted by atomic mass is 16.5. The molecule has 1 aromatic heterocycles. The van der Waals surface area contributed by atoms with Crippen molar-refractivity contribution in [1.29, 1.82) is 0 Å². The van der Waals surface area contributed by atoms with Crippen LogP contribution in [0.4, 0.5) is 0 Å². The van der Waals surface area contributed by atoms with Gasteiger partial charge < -0.3 is 9.26 Å². The predicted octanol–water partition coefficient (Wildman–Crippen LogP) is 1.37. The van der Waals surface area contributed by atoms with Gasteiger partial charge >= 0.3 is 0 Å². The van der Waals surface area contributed by atoms with E-state index in [0.29, 0.717) is 22.8 Å². The van der Waals surface area contributed by atoms with Gasteiger partial charge in [0.15, 0.2) is 6.61 Å². The number of aryl methyl sites for hydroxylation is 3. The Balaban J connectivity index is 1.75. The minimum atomic E-state index is -0.446. The van der Waals surface area contributed by atoms with E-state index in [1.807, 2.05) is 25.1 Å². The van der Waals surface area contributed by atoms with Crippen molar-refractivity contribution in [2.75, 3.05) is 6.61 Å². The Morgan fingerprint density at radius 3 is 2.57 bits per heavy atom. The van der Waals surface area contributed by atoms with Gasteiger partial charge in [-0.25, -0.2) is 0 Å². The number of nitrogens with one attached hydrogen (secondary N) is 2. The van der Waals surface area contributed by atoms with Crippen LogP contribution >= 0.6 is 0 Å². The zero-order valence-electron chi connectivity index (χ0n) is 13.3. The van der Waals surface area contributed by atoms with Gasteiger partial charge in [0.05, 0.1) is 12.1 Å². The fourth-order valence-corrected chi connectivity index (χ4v) is 1.99. The Labute approximate surface area is 134 Å². The number of aromatic nitrogens is 1. The van der Waals surface area contributed by atoms with E-state index in [1.165, 1.54) is 0 Å². The molecule has 0 aliphatic heterocycles. The van der Waals surface area contributed by atoms with Crippen molar-refractivity contribution in [1.82, 2.24) is 16.0 Å². The molecule has 0 saturated heterocycles. The molecule has 7 heteroatoms. The fraction of sp³-hybridized carbons (Fsp3) is 0.312. The highest BCUT2D eigenvalue weighted by Crippen LogP contribution is 2.13. The van der Waals surface area contributed by atoms with Gasteiger partial charge in [0.1, 0.15) is 11.5 Å². The van der Waals surface area contributed by atoms with E-state index in [2.05, 4.69) is 16.0 Å². The number of hydrogen-bond acceptors (Lipinski definition) is 5. The van der Waals surface area contributed by atoms with Crippen molar-refractivity contribution in [2.24, 2.45) is 0 Å². The highest BCUT2D eigenvalue weighted by Gasteiger charge is 2.14. The van der Waals surface area contributed by atoms with Crippen molar-refractivity contribution in [3.05, 3.63) is 46.8 Å². The van der Waals surface area contributed by atoms with E-state index in [1.54, 1.807) is 19.9 Å². The molecule has 2 amide bonds. The molecule has 0 aliphatic rings. The lowest BCUT2D eigenvalue weighted by Gasteiger charge is -2.09. The smallest absolute Gasteiger partial charge is 0.276 e. The fourth-order valence-electron chi connectivity index (χ4n) is 1.99. The maximum absolute atomic E-state index is 11.8. The van der Waals surface area contributed by atoms with Gasteiger partial charge in [-0.3, -0.25) is 20.4 Å². The summed E-state index contributed by atoms with van der Waals surface area (Å²) in [6, 6.07) is 7.36. The summed E-state index contributed by atoms with van der Waals surface area (Å²) >= 11 is 0. The maximum Gasteiger partial charge on any atom is 0.276 e. The third-order valence-electron chi connectivity index (χ3n) is 3.22. The van der Waals surface area contributed by atoms with Crippen LogP contribution in [0.2, 0.25) is 0 Å². The molecule has 0 bridgehead atoms. The van der Waals surface area contributed by atoms with E-state index in [0.717, 1.165) is 5.56 Å². The molecule has 1 aromatic carbocycles. The molecule has 2 rings (SSSR count). The summed E-state index contributed by atoms with van der Waals surface area (Å²) in [4.78, 5) is 23.5. The summed E-state index contributed by atoms with van der Waals surface area (Å²) < 4.78 is 10.3. The summed E-state index contributed by atoms with van der Waals surface area (Å²) in [5.41, 5.74) is 7.05. The summed E-state index contributed by atoms with van der Waals surface area (Å²) in [5, 5.41) is 3.77. The summed E-state index contributed by atoms with van der Waals surface area (Å²) in [7, 11) is 0. The van der Waals surface area contributed by atoms with Crippen molar-refractivity contribution in [2.45, 2.75) is 27.2 Å². The monoisotopic (exact) mass is 317 g/mol. The molecule has 1 heterocycles. The van der Waals surface area contributed by atoms with Gasteiger partial charge in [-0.1, -0.05) is 17.3 Å². The molecule has 0 spiro atoms. The first-order chi connectivity index (χ1) is 11.0. The number of nitrogens with zero attached hydrogens (tertiary/aromatic N) is 1. The topological polar surface area (TPSA) is 93.5 Å². The van der Waals surface area contributed by atoms with E-state index in [-0.39, 0.29) is 18.9 Å². The lowest BCUT2D eigenvalue weighted by Crippen LogP contribution is -2.44. The number of benzene rings is 1. The lowest BCUT2D eigenvalue weighted by molar-refractivity contribution is -0.129. The maximum atomic E-state index is 11.8. The Morgan fingerprint density at radius 2 is 1.91 bits per heavy atom. The Kier molecular flexibility index (Phi) is 5.35. The van der Waals surface area contributed by atoms with Crippen molar-refractivity contribution in [3.63, 3.8) is 0 Å². The van der Waals surface area contributed by atoms with Gasteiger partial charge in [-0.2, -0.15) is 0 Å². The number of carbonyl (C=O) groups excluding carboxylic acids is 2. The minimum Gasteiger partial charge on any atom is -0.484 e. The molecule has 2 aromatic rings. The molecule has 0 saturated carbocycles. The molecule has 7 nitrogen and oxygen atoms in total. The number of ether oxygens (including phenoxy) is 1. The SMILES string of the molecule is Cc1cccc(OCC(=O)NNC(=O)Cc2c(C)noc2C)c1. The lowest BCUT2D eigenvalue weighted by atomic mass is 10.1. The number of hydrazine groups is 1. The van der Waals surface area contributed by atoms with E-state index in [9.17, 15) is 9.59 Å². The number of rotatable bonds is 5. The first kappa shape index (κ1) is 16.5. The average Bonchev–Trinajstić information content (AvgIpc) is 2.83. The van der Waals surface area contributed by atoms with Crippen LogP contribution in [0, 0.1) is 20.8 Å². The normalized spacial score (nSPS) is 10.2. The van der Waals surface area contributed by atoms with Crippen LogP contribution < -0.4 is 15.6 Å². The van der Waals surface area contributed by atoms with E-state index < -0.39 is 5.91 Å². The van der Waals surface area contributed by atoms with Crippen LogP contribution in [-0.2, 0) is 16.0 Å². The summed E-state index contributed by atoms with van der Waals surface area (Å²) in [6.45, 7) is 5.24. The zero-order valence-corrected chi connectivity index (χ0v) is 13.3. The number of amides is 2. The van der Waals surface area contributed by atoms with Crippen molar-refractivity contribution in [3.8, 4) is 5.75 Å². The summed E-state index contributed by atoms with van der Waals surface area (Å²) in [6.07, 6.45) is 0.0835. The number of carbonyl (C=O) groups is 2. The van der Waals surface area contributed by atoms with E-state index >= 15 is 0 Å². The van der Waals surface area contributed by atoms with Crippen LogP contribution in [-0.4, -0.2) is 23.6 Å².